The summed E-state index contributed by atoms with van der Waals surface area (Å²) in [6, 6.07) is 0. The Morgan fingerprint density at radius 3 is 2.44 bits per heavy atom. The van der Waals surface area contributed by atoms with E-state index < -0.39 is 0 Å². The van der Waals surface area contributed by atoms with Crippen LogP contribution < -0.4 is 5.73 Å². The maximum Gasteiger partial charge on any atom is 0.217 e. The van der Waals surface area contributed by atoms with Gasteiger partial charge >= 0.3 is 0 Å². The van der Waals surface area contributed by atoms with Gasteiger partial charge in [-0.2, -0.15) is 0 Å². The highest BCUT2D eigenvalue weighted by atomic mass is 16.1. The van der Waals surface area contributed by atoms with Gasteiger partial charge in [-0.05, 0) is 27.1 Å². The molecule has 0 rings (SSSR count). The van der Waals surface area contributed by atoms with Gasteiger partial charge in [0.1, 0.15) is 0 Å². The van der Waals surface area contributed by atoms with Gasteiger partial charge in [0.05, 0.1) is 0 Å². The minimum Gasteiger partial charge on any atom is -0.370 e. The summed E-state index contributed by atoms with van der Waals surface area (Å²) in [6.07, 6.45) is 1.36. The van der Waals surface area contributed by atoms with Crippen LogP contribution in [0.4, 0.5) is 0 Å². The molecule has 0 atom stereocenters. The molecule has 0 radical (unpaired) electrons. The van der Waals surface area contributed by atoms with E-state index >= 15 is 0 Å². The van der Waals surface area contributed by atoms with Crippen molar-refractivity contribution >= 4 is 5.91 Å². The van der Waals surface area contributed by atoms with Crippen molar-refractivity contribution in [1.82, 2.24) is 4.90 Å². The summed E-state index contributed by atoms with van der Waals surface area (Å²) in [5.41, 5.74) is 4.92. The predicted molar refractivity (Wildman–Crippen MR) is 37.0 cm³/mol. The first-order valence-corrected chi connectivity index (χ1v) is 3.06. The van der Waals surface area contributed by atoms with Gasteiger partial charge in [-0.3, -0.25) is 4.79 Å². The highest BCUT2D eigenvalue weighted by Crippen LogP contribution is 1.87. The maximum absolute atomic E-state index is 10.2. The molecule has 3 heteroatoms. The summed E-state index contributed by atoms with van der Waals surface area (Å²) in [4.78, 5) is 12.2. The average Bonchev–Trinajstić information content (AvgIpc) is 1.63. The Balaban J connectivity index is 3.01. The van der Waals surface area contributed by atoms with E-state index in [1.165, 1.54) is 0 Å². The summed E-state index contributed by atoms with van der Waals surface area (Å²) in [6.45, 7) is 0.933. The Hall–Kier alpha value is -0.570. The van der Waals surface area contributed by atoms with Crippen molar-refractivity contribution in [3.05, 3.63) is 0 Å². The predicted octanol–water partition coefficient (Wildman–Crippen LogP) is -0.186. The quantitative estimate of drug-likeness (QED) is 0.573. The standard InChI is InChI=1S/C6H14N2O/c1-8(2)5-3-4-6(7)9/h3-5H2,1-2H3,(H2,7,9). The first-order chi connectivity index (χ1) is 4.13. The topological polar surface area (TPSA) is 46.3 Å². The lowest BCUT2D eigenvalue weighted by Gasteiger charge is -2.06. The van der Waals surface area contributed by atoms with Crippen LogP contribution in [-0.2, 0) is 4.79 Å². The van der Waals surface area contributed by atoms with E-state index in [0.717, 1.165) is 13.0 Å². The van der Waals surface area contributed by atoms with E-state index in [1.54, 1.807) is 0 Å². The van der Waals surface area contributed by atoms with Crippen LogP contribution in [0, 0.1) is 0 Å². The molecule has 2 N–H and O–H groups in total. The number of hydrogen-bond donors (Lipinski definition) is 1. The molecule has 0 aromatic carbocycles. The van der Waals surface area contributed by atoms with Crippen LogP contribution in [-0.4, -0.2) is 31.4 Å². The fraction of sp³-hybridized carbons (Fsp3) is 0.833. The van der Waals surface area contributed by atoms with Gasteiger partial charge in [-0.1, -0.05) is 0 Å². The molecule has 0 aliphatic carbocycles. The van der Waals surface area contributed by atoms with Gasteiger partial charge in [0.15, 0.2) is 0 Å². The first-order valence-electron chi connectivity index (χ1n) is 3.06. The van der Waals surface area contributed by atoms with Gasteiger partial charge in [0.2, 0.25) is 5.91 Å². The van der Waals surface area contributed by atoms with E-state index in [0.29, 0.717) is 6.42 Å². The molecule has 0 aromatic heterocycles. The van der Waals surface area contributed by atoms with Crippen molar-refractivity contribution < 1.29 is 4.79 Å². The van der Waals surface area contributed by atoms with Crippen molar-refractivity contribution in [2.45, 2.75) is 12.8 Å². The molecular weight excluding hydrogens is 116 g/mol. The highest BCUT2D eigenvalue weighted by Gasteiger charge is 1.93. The van der Waals surface area contributed by atoms with Crippen molar-refractivity contribution in [2.24, 2.45) is 5.73 Å². The third-order valence-corrected chi connectivity index (χ3v) is 1.03. The van der Waals surface area contributed by atoms with Crippen molar-refractivity contribution in [1.29, 1.82) is 0 Å². The minimum absolute atomic E-state index is 0.211. The molecule has 1 amide bonds. The molecule has 0 aliphatic rings. The van der Waals surface area contributed by atoms with E-state index in [2.05, 4.69) is 0 Å². The molecule has 0 aromatic rings. The number of primary amides is 1. The second-order valence-electron chi connectivity index (χ2n) is 2.37. The molecule has 0 saturated heterocycles. The zero-order chi connectivity index (χ0) is 7.28. The fourth-order valence-corrected chi connectivity index (χ4v) is 0.570. The number of nitrogens with two attached hydrogens (primary N) is 1. The minimum atomic E-state index is -0.211. The Labute approximate surface area is 55.8 Å². The Morgan fingerprint density at radius 2 is 2.11 bits per heavy atom. The monoisotopic (exact) mass is 130 g/mol. The second-order valence-corrected chi connectivity index (χ2v) is 2.37. The van der Waals surface area contributed by atoms with Crippen LogP contribution in [0.15, 0.2) is 0 Å². The zero-order valence-corrected chi connectivity index (χ0v) is 6.05. The third kappa shape index (κ3) is 7.43. The number of hydrogen-bond acceptors (Lipinski definition) is 2. The van der Waals surface area contributed by atoms with Gasteiger partial charge < -0.3 is 10.6 Å². The Kier molecular flexibility index (Phi) is 4.05. The zero-order valence-electron chi connectivity index (χ0n) is 6.05. The van der Waals surface area contributed by atoms with E-state index in [9.17, 15) is 4.79 Å². The molecule has 0 saturated carbocycles. The third-order valence-electron chi connectivity index (χ3n) is 1.03. The SMILES string of the molecule is CN(C)CCCC(N)=O. The van der Waals surface area contributed by atoms with Gasteiger partial charge in [0, 0.05) is 6.42 Å². The Morgan fingerprint density at radius 1 is 1.56 bits per heavy atom. The molecule has 0 unspecified atom stereocenters. The summed E-state index contributed by atoms with van der Waals surface area (Å²) < 4.78 is 0. The van der Waals surface area contributed by atoms with E-state index in [-0.39, 0.29) is 5.91 Å². The van der Waals surface area contributed by atoms with Gasteiger partial charge in [-0.15, -0.1) is 0 Å². The molecule has 0 heterocycles. The largest absolute Gasteiger partial charge is 0.370 e. The second kappa shape index (κ2) is 4.32. The molecule has 0 aliphatic heterocycles. The van der Waals surface area contributed by atoms with Crippen LogP contribution in [0.2, 0.25) is 0 Å². The van der Waals surface area contributed by atoms with Crippen molar-refractivity contribution in [2.75, 3.05) is 20.6 Å². The Bertz CT molecular complexity index is 91.1. The molecule has 9 heavy (non-hydrogen) atoms. The summed E-state index contributed by atoms with van der Waals surface area (Å²) >= 11 is 0. The van der Waals surface area contributed by atoms with Crippen LogP contribution in [0.1, 0.15) is 12.8 Å². The lowest BCUT2D eigenvalue weighted by molar-refractivity contribution is -0.118. The highest BCUT2D eigenvalue weighted by molar-refractivity contribution is 5.73. The molecular formula is C6H14N2O. The van der Waals surface area contributed by atoms with Crippen LogP contribution in [0.25, 0.3) is 0 Å². The average molecular weight is 130 g/mol. The van der Waals surface area contributed by atoms with Crippen molar-refractivity contribution in [3.8, 4) is 0 Å². The summed E-state index contributed by atoms with van der Waals surface area (Å²) in [5.74, 6) is -0.211. The van der Waals surface area contributed by atoms with Crippen molar-refractivity contribution in [3.63, 3.8) is 0 Å². The molecule has 0 fully saturated rings. The summed E-state index contributed by atoms with van der Waals surface area (Å²) in [7, 11) is 3.95. The normalized spacial score (nSPS) is 10.1. The number of nitrogens with zero attached hydrogens (tertiary/aromatic N) is 1. The van der Waals surface area contributed by atoms with E-state index in [1.807, 2.05) is 19.0 Å². The molecule has 3 nitrogen and oxygen atoms in total. The maximum atomic E-state index is 10.2. The van der Waals surface area contributed by atoms with E-state index in [4.69, 9.17) is 5.73 Å². The van der Waals surface area contributed by atoms with Gasteiger partial charge in [0.25, 0.3) is 0 Å². The number of carbonyl (C=O) groups excluding carboxylic acids is 1. The number of rotatable bonds is 4. The lowest BCUT2D eigenvalue weighted by Crippen LogP contribution is -2.17. The van der Waals surface area contributed by atoms with Crippen LogP contribution in [0.3, 0.4) is 0 Å². The summed E-state index contributed by atoms with van der Waals surface area (Å²) in [5, 5.41) is 0. The van der Waals surface area contributed by atoms with Crippen LogP contribution in [0.5, 0.6) is 0 Å². The first kappa shape index (κ1) is 8.43. The van der Waals surface area contributed by atoms with Crippen LogP contribution >= 0.6 is 0 Å². The molecule has 54 valence electrons. The number of amides is 1. The fourth-order valence-electron chi connectivity index (χ4n) is 0.570. The number of carbonyl (C=O) groups is 1. The molecule has 0 bridgehead atoms. The lowest BCUT2D eigenvalue weighted by atomic mass is 10.3. The molecule has 0 spiro atoms. The van der Waals surface area contributed by atoms with Gasteiger partial charge in [-0.25, -0.2) is 0 Å². The smallest absolute Gasteiger partial charge is 0.217 e.